The third-order valence-corrected chi connectivity index (χ3v) is 7.14. The van der Waals surface area contributed by atoms with Crippen molar-refractivity contribution in [3.63, 3.8) is 0 Å². The molecule has 0 unspecified atom stereocenters. The lowest BCUT2D eigenvalue weighted by molar-refractivity contribution is 0.213. The predicted molar refractivity (Wildman–Crippen MR) is 85.2 cm³/mol. The minimum atomic E-state index is -3.43. The fraction of sp³-hybridized carbons (Fsp3) is 0.600. The van der Waals surface area contributed by atoms with Crippen molar-refractivity contribution in [3.05, 3.63) is 28.2 Å². The minimum Gasteiger partial charge on any atom is -0.207 e. The summed E-state index contributed by atoms with van der Waals surface area (Å²) in [6.07, 6.45) is 4.39. The second kappa shape index (κ2) is 6.16. The van der Waals surface area contributed by atoms with Crippen LogP contribution in [0.15, 0.2) is 27.6 Å². The van der Waals surface area contributed by atoms with Gasteiger partial charge in [-0.15, -0.1) is 0 Å². The van der Waals surface area contributed by atoms with Gasteiger partial charge >= 0.3 is 0 Å². The SMILES string of the molecule is Cc1ccc(S(=O)(=O)N(C)[C@H]2CCCC[C@@H]2C)c(Br)c1. The molecule has 1 aliphatic rings. The molecule has 0 saturated heterocycles. The van der Waals surface area contributed by atoms with Gasteiger partial charge < -0.3 is 0 Å². The van der Waals surface area contributed by atoms with Gasteiger partial charge in [-0.05, 0) is 59.3 Å². The van der Waals surface area contributed by atoms with Gasteiger partial charge in [0.25, 0.3) is 0 Å². The molecule has 0 bridgehead atoms. The molecule has 1 aromatic carbocycles. The van der Waals surface area contributed by atoms with E-state index in [4.69, 9.17) is 0 Å². The molecule has 1 aliphatic carbocycles. The summed E-state index contributed by atoms with van der Waals surface area (Å²) in [6.45, 7) is 4.11. The maximum absolute atomic E-state index is 12.8. The van der Waals surface area contributed by atoms with Gasteiger partial charge in [-0.25, -0.2) is 8.42 Å². The summed E-state index contributed by atoms with van der Waals surface area (Å²) >= 11 is 3.38. The van der Waals surface area contributed by atoms with Crippen LogP contribution in [0.3, 0.4) is 0 Å². The van der Waals surface area contributed by atoms with Crippen LogP contribution in [0.4, 0.5) is 0 Å². The van der Waals surface area contributed by atoms with E-state index in [1.807, 2.05) is 19.1 Å². The van der Waals surface area contributed by atoms with Gasteiger partial charge in [-0.2, -0.15) is 4.31 Å². The van der Waals surface area contributed by atoms with Crippen molar-refractivity contribution in [2.75, 3.05) is 7.05 Å². The van der Waals surface area contributed by atoms with Gasteiger partial charge in [0.1, 0.15) is 0 Å². The zero-order valence-corrected chi connectivity index (χ0v) is 14.7. The molecule has 0 N–H and O–H groups in total. The lowest BCUT2D eigenvalue weighted by atomic mass is 9.86. The highest BCUT2D eigenvalue weighted by atomic mass is 79.9. The summed E-state index contributed by atoms with van der Waals surface area (Å²) in [6, 6.07) is 5.50. The van der Waals surface area contributed by atoms with E-state index in [9.17, 15) is 8.42 Å². The Morgan fingerprint density at radius 1 is 1.25 bits per heavy atom. The van der Waals surface area contributed by atoms with Crippen molar-refractivity contribution in [3.8, 4) is 0 Å². The van der Waals surface area contributed by atoms with Crippen molar-refractivity contribution in [1.82, 2.24) is 4.31 Å². The number of benzene rings is 1. The Balaban J connectivity index is 2.33. The van der Waals surface area contributed by atoms with Crippen molar-refractivity contribution in [2.45, 2.75) is 50.5 Å². The summed E-state index contributed by atoms with van der Waals surface area (Å²) in [7, 11) is -1.72. The fourth-order valence-electron chi connectivity index (χ4n) is 2.99. The zero-order valence-electron chi connectivity index (χ0n) is 12.3. The Hall–Kier alpha value is -0.390. The standard InChI is InChI=1S/C15H22BrNO2S/c1-11-8-9-15(13(16)10-11)20(18,19)17(3)14-7-5-4-6-12(14)2/h8-10,12,14H,4-7H2,1-3H3/t12-,14-/m0/s1. The first-order valence-electron chi connectivity index (χ1n) is 7.08. The normalized spacial score (nSPS) is 24.1. The van der Waals surface area contributed by atoms with E-state index in [2.05, 4.69) is 22.9 Å². The molecule has 20 heavy (non-hydrogen) atoms. The van der Waals surface area contributed by atoms with Gasteiger partial charge in [0.15, 0.2) is 0 Å². The Labute approximate surface area is 130 Å². The molecule has 2 atom stereocenters. The summed E-state index contributed by atoms with van der Waals surface area (Å²) < 4.78 is 27.8. The van der Waals surface area contributed by atoms with Gasteiger partial charge in [0, 0.05) is 17.6 Å². The Morgan fingerprint density at radius 3 is 2.50 bits per heavy atom. The zero-order chi connectivity index (χ0) is 14.9. The number of sulfonamides is 1. The highest BCUT2D eigenvalue weighted by molar-refractivity contribution is 9.10. The number of hydrogen-bond donors (Lipinski definition) is 0. The topological polar surface area (TPSA) is 37.4 Å². The van der Waals surface area contributed by atoms with E-state index >= 15 is 0 Å². The second-order valence-electron chi connectivity index (χ2n) is 5.78. The van der Waals surface area contributed by atoms with Gasteiger partial charge in [0.2, 0.25) is 10.0 Å². The van der Waals surface area contributed by atoms with Gasteiger partial charge in [-0.1, -0.05) is 25.8 Å². The highest BCUT2D eigenvalue weighted by Crippen LogP contribution is 2.32. The largest absolute Gasteiger partial charge is 0.244 e. The van der Waals surface area contributed by atoms with Crippen LogP contribution < -0.4 is 0 Å². The van der Waals surface area contributed by atoms with Crippen LogP contribution in [-0.2, 0) is 10.0 Å². The van der Waals surface area contributed by atoms with E-state index < -0.39 is 10.0 Å². The first-order valence-corrected chi connectivity index (χ1v) is 9.31. The maximum Gasteiger partial charge on any atom is 0.244 e. The smallest absolute Gasteiger partial charge is 0.207 e. The first-order chi connectivity index (χ1) is 9.34. The molecular weight excluding hydrogens is 338 g/mol. The molecular formula is C15H22BrNO2S. The molecule has 0 aliphatic heterocycles. The summed E-state index contributed by atoms with van der Waals surface area (Å²) in [5, 5.41) is 0. The Morgan fingerprint density at radius 2 is 1.90 bits per heavy atom. The molecule has 1 fully saturated rings. The highest BCUT2D eigenvalue weighted by Gasteiger charge is 2.33. The molecule has 0 heterocycles. The van der Waals surface area contributed by atoms with Crippen LogP contribution in [-0.4, -0.2) is 25.8 Å². The number of aryl methyl sites for hydroxylation is 1. The van der Waals surface area contributed by atoms with Gasteiger partial charge in [0.05, 0.1) is 4.90 Å². The van der Waals surface area contributed by atoms with Crippen LogP contribution in [0.5, 0.6) is 0 Å². The number of rotatable bonds is 3. The van der Waals surface area contributed by atoms with Crippen LogP contribution in [0.2, 0.25) is 0 Å². The average molecular weight is 360 g/mol. The molecule has 0 radical (unpaired) electrons. The summed E-state index contributed by atoms with van der Waals surface area (Å²) in [5.41, 5.74) is 1.05. The van der Waals surface area contributed by atoms with Crippen LogP contribution in [0.1, 0.15) is 38.2 Å². The third-order valence-electron chi connectivity index (χ3n) is 4.28. The molecule has 112 valence electrons. The van der Waals surface area contributed by atoms with Crippen LogP contribution >= 0.6 is 15.9 Å². The number of hydrogen-bond acceptors (Lipinski definition) is 2. The van der Waals surface area contributed by atoms with Crippen molar-refractivity contribution in [1.29, 1.82) is 0 Å². The Kier molecular flexibility index (Phi) is 4.92. The van der Waals surface area contributed by atoms with E-state index in [-0.39, 0.29) is 6.04 Å². The monoisotopic (exact) mass is 359 g/mol. The van der Waals surface area contributed by atoms with E-state index in [0.29, 0.717) is 15.3 Å². The van der Waals surface area contributed by atoms with Crippen LogP contribution in [0, 0.1) is 12.8 Å². The van der Waals surface area contributed by atoms with Gasteiger partial charge in [-0.3, -0.25) is 0 Å². The fourth-order valence-corrected chi connectivity index (χ4v) is 5.62. The Bertz CT molecular complexity index is 586. The molecule has 5 heteroatoms. The molecule has 1 saturated carbocycles. The molecule has 0 spiro atoms. The van der Waals surface area contributed by atoms with Crippen molar-refractivity contribution < 1.29 is 8.42 Å². The molecule has 2 rings (SSSR count). The summed E-state index contributed by atoms with van der Waals surface area (Å²) in [4.78, 5) is 0.364. The minimum absolute atomic E-state index is 0.113. The van der Waals surface area contributed by atoms with E-state index in [0.717, 1.165) is 24.8 Å². The third kappa shape index (κ3) is 3.10. The van der Waals surface area contributed by atoms with E-state index in [1.165, 1.54) is 6.42 Å². The van der Waals surface area contributed by atoms with Crippen molar-refractivity contribution >= 4 is 26.0 Å². The van der Waals surface area contributed by atoms with E-state index in [1.54, 1.807) is 17.4 Å². The first kappa shape index (κ1) is 16.0. The predicted octanol–water partition coefficient (Wildman–Crippen LogP) is 3.96. The summed E-state index contributed by atoms with van der Waals surface area (Å²) in [5.74, 6) is 0.424. The van der Waals surface area contributed by atoms with Crippen molar-refractivity contribution in [2.24, 2.45) is 5.92 Å². The quantitative estimate of drug-likeness (QED) is 0.818. The number of halogens is 1. The number of nitrogens with zero attached hydrogens (tertiary/aromatic N) is 1. The average Bonchev–Trinajstić information content (AvgIpc) is 2.38. The maximum atomic E-state index is 12.8. The molecule has 0 amide bonds. The lowest BCUT2D eigenvalue weighted by Gasteiger charge is -2.35. The molecule has 1 aromatic rings. The molecule has 0 aromatic heterocycles. The second-order valence-corrected chi connectivity index (χ2v) is 8.60. The van der Waals surface area contributed by atoms with Crippen LogP contribution in [0.25, 0.3) is 0 Å². The molecule has 3 nitrogen and oxygen atoms in total. The lowest BCUT2D eigenvalue weighted by Crippen LogP contribution is -2.42.